The Morgan fingerprint density at radius 2 is 1.78 bits per heavy atom. The van der Waals surface area contributed by atoms with E-state index in [1.54, 1.807) is 4.90 Å². The maximum atomic E-state index is 14.3. The molecule has 3 heterocycles. The molecule has 3 aliphatic heterocycles. The molecule has 0 N–H and O–H groups in total. The van der Waals surface area contributed by atoms with Gasteiger partial charge in [0.1, 0.15) is 5.75 Å². The molecule has 32 heavy (non-hydrogen) atoms. The average molecular weight is 449 g/mol. The molecule has 5 rings (SSSR count). The van der Waals surface area contributed by atoms with Crippen LogP contribution < -0.4 is 14.5 Å². The van der Waals surface area contributed by atoms with E-state index in [0.29, 0.717) is 6.61 Å². The zero-order valence-corrected chi connectivity index (χ0v) is 20.2. The normalized spacial score (nSPS) is 23.1. The summed E-state index contributed by atoms with van der Waals surface area (Å²) >= 11 is 1.42. The van der Waals surface area contributed by atoms with Gasteiger partial charge in [-0.3, -0.25) is 19.4 Å². The number of hydrogen-bond donors (Lipinski definition) is 0. The topological polar surface area (TPSA) is 49.9 Å². The molecule has 0 radical (unpaired) electrons. The summed E-state index contributed by atoms with van der Waals surface area (Å²) in [5.41, 5.74) is 6.36. The van der Waals surface area contributed by atoms with E-state index in [1.807, 2.05) is 56.0 Å². The van der Waals surface area contributed by atoms with Crippen LogP contribution in [0.2, 0.25) is 0 Å². The number of allylic oxidation sites excluding steroid dienone is 1. The minimum absolute atomic E-state index is 0.0514. The van der Waals surface area contributed by atoms with Crippen molar-refractivity contribution in [3.05, 3.63) is 58.7 Å². The monoisotopic (exact) mass is 448 g/mol. The van der Waals surface area contributed by atoms with Crippen LogP contribution in [-0.4, -0.2) is 29.7 Å². The summed E-state index contributed by atoms with van der Waals surface area (Å²) in [5.74, 6) is 0.866. The number of fused-ring (bicyclic) bond motifs is 1. The number of nitrogens with zero attached hydrogens (tertiary/aromatic N) is 2. The first-order valence-electron chi connectivity index (χ1n) is 11.0. The molecule has 5 nitrogen and oxygen atoms in total. The van der Waals surface area contributed by atoms with Gasteiger partial charge in [-0.1, -0.05) is 12.1 Å². The first-order chi connectivity index (χ1) is 15.1. The van der Waals surface area contributed by atoms with E-state index < -0.39 is 10.4 Å². The standard InChI is InChI=1S/C26H28N2O3S/c1-7-31-19-11-20-17(4)13-25(5,6)28-23(20)21(12-19)26(24(28)30)27(22(29)14-32-26)18-9-8-15(2)16(3)10-18/h8-13H,7,14H2,1-6H3. The summed E-state index contributed by atoms with van der Waals surface area (Å²) in [7, 11) is 0. The molecule has 0 bridgehead atoms. The third-order valence-electron chi connectivity index (χ3n) is 6.76. The molecule has 1 fully saturated rings. The van der Waals surface area contributed by atoms with Gasteiger partial charge in [-0.05, 0) is 82.5 Å². The van der Waals surface area contributed by atoms with Crippen LogP contribution in [0.3, 0.4) is 0 Å². The maximum Gasteiger partial charge on any atom is 0.269 e. The molecule has 2 aromatic rings. The Kier molecular flexibility index (Phi) is 4.55. The van der Waals surface area contributed by atoms with Gasteiger partial charge >= 0.3 is 0 Å². The van der Waals surface area contributed by atoms with Crippen LogP contribution in [0.5, 0.6) is 5.75 Å². The van der Waals surface area contributed by atoms with Crippen LogP contribution >= 0.6 is 11.8 Å². The van der Waals surface area contributed by atoms with Gasteiger partial charge in [0.05, 0.1) is 23.6 Å². The third kappa shape index (κ3) is 2.65. The fourth-order valence-electron chi connectivity index (χ4n) is 5.27. The SMILES string of the molecule is CCOc1cc2c3c(c1)C1(SCC(=O)N1c1ccc(C)c(C)c1)C(=O)N3C(C)(C)C=C2C. The molecular formula is C26H28N2O3S. The minimum atomic E-state index is -1.13. The lowest BCUT2D eigenvalue weighted by Crippen LogP contribution is -2.54. The second kappa shape index (κ2) is 6.88. The summed E-state index contributed by atoms with van der Waals surface area (Å²) in [5, 5.41) is 0. The predicted octanol–water partition coefficient (Wildman–Crippen LogP) is 5.18. The fourth-order valence-corrected chi connectivity index (χ4v) is 6.59. The van der Waals surface area contributed by atoms with E-state index >= 15 is 0 Å². The number of amides is 2. The minimum Gasteiger partial charge on any atom is -0.494 e. The van der Waals surface area contributed by atoms with Crippen molar-refractivity contribution < 1.29 is 14.3 Å². The number of anilines is 2. The molecule has 2 amide bonds. The van der Waals surface area contributed by atoms with Crippen molar-refractivity contribution in [3.8, 4) is 5.75 Å². The van der Waals surface area contributed by atoms with Crippen molar-refractivity contribution >= 4 is 40.5 Å². The first kappa shape index (κ1) is 21.1. The molecule has 1 unspecified atom stereocenters. The molecule has 6 heteroatoms. The number of aryl methyl sites for hydroxylation is 2. The van der Waals surface area contributed by atoms with Gasteiger partial charge in [0.25, 0.3) is 5.91 Å². The van der Waals surface area contributed by atoms with Gasteiger partial charge in [-0.15, -0.1) is 11.8 Å². The average Bonchev–Trinajstić information content (AvgIpc) is 3.19. The largest absolute Gasteiger partial charge is 0.494 e. The van der Waals surface area contributed by atoms with Crippen LogP contribution in [0.4, 0.5) is 11.4 Å². The van der Waals surface area contributed by atoms with Crippen LogP contribution in [-0.2, 0) is 14.5 Å². The van der Waals surface area contributed by atoms with Crippen LogP contribution in [0.25, 0.3) is 5.57 Å². The van der Waals surface area contributed by atoms with Crippen molar-refractivity contribution in [1.82, 2.24) is 0 Å². The van der Waals surface area contributed by atoms with Crippen molar-refractivity contribution in [2.45, 2.75) is 52.0 Å². The second-order valence-corrected chi connectivity index (χ2v) is 10.5. The highest BCUT2D eigenvalue weighted by atomic mass is 32.2. The van der Waals surface area contributed by atoms with E-state index in [0.717, 1.165) is 45.0 Å². The van der Waals surface area contributed by atoms with Gasteiger partial charge in [0, 0.05) is 16.8 Å². The summed E-state index contributed by atoms with van der Waals surface area (Å²) < 4.78 is 5.90. The Balaban J connectivity index is 1.82. The van der Waals surface area contributed by atoms with Gasteiger partial charge in [0.2, 0.25) is 10.8 Å². The zero-order valence-electron chi connectivity index (χ0n) is 19.4. The molecule has 2 aromatic carbocycles. The highest BCUT2D eigenvalue weighted by Gasteiger charge is 2.64. The van der Waals surface area contributed by atoms with E-state index in [1.165, 1.54) is 11.8 Å². The third-order valence-corrected chi connectivity index (χ3v) is 8.15. The Morgan fingerprint density at radius 3 is 2.47 bits per heavy atom. The van der Waals surface area contributed by atoms with Crippen molar-refractivity contribution in [2.24, 2.45) is 0 Å². The van der Waals surface area contributed by atoms with Crippen molar-refractivity contribution in [1.29, 1.82) is 0 Å². The smallest absolute Gasteiger partial charge is 0.269 e. The maximum absolute atomic E-state index is 14.3. The van der Waals surface area contributed by atoms with Crippen LogP contribution in [0.15, 0.2) is 36.4 Å². The number of carbonyl (C=O) groups is 2. The summed E-state index contributed by atoms with van der Waals surface area (Å²) in [4.78, 5) is 30.1. The van der Waals surface area contributed by atoms with Gasteiger partial charge in [-0.2, -0.15) is 0 Å². The Labute approximate surface area is 193 Å². The predicted molar refractivity (Wildman–Crippen MR) is 130 cm³/mol. The Bertz CT molecular complexity index is 1220. The molecule has 1 atom stereocenters. The van der Waals surface area contributed by atoms with Crippen molar-refractivity contribution in [2.75, 3.05) is 22.2 Å². The van der Waals surface area contributed by atoms with Gasteiger partial charge in [-0.25, -0.2) is 0 Å². The molecule has 0 saturated carbocycles. The fraction of sp³-hybridized carbons (Fsp3) is 0.385. The number of hydrogen-bond acceptors (Lipinski definition) is 4. The lowest BCUT2D eigenvalue weighted by molar-refractivity contribution is -0.124. The molecule has 1 spiro atoms. The number of benzene rings is 2. The van der Waals surface area contributed by atoms with E-state index in [9.17, 15) is 9.59 Å². The quantitative estimate of drug-likeness (QED) is 0.649. The van der Waals surface area contributed by atoms with Gasteiger partial charge < -0.3 is 4.74 Å². The Morgan fingerprint density at radius 1 is 1.03 bits per heavy atom. The van der Waals surface area contributed by atoms with E-state index in [2.05, 4.69) is 26.8 Å². The molecule has 1 saturated heterocycles. The molecule has 3 aliphatic rings. The van der Waals surface area contributed by atoms with E-state index in [-0.39, 0.29) is 17.6 Å². The molecule has 0 aliphatic carbocycles. The number of thioether (sulfide) groups is 1. The molecule has 0 aromatic heterocycles. The summed E-state index contributed by atoms with van der Waals surface area (Å²) in [6.45, 7) is 12.8. The first-order valence-corrected chi connectivity index (χ1v) is 12.0. The van der Waals surface area contributed by atoms with Crippen LogP contribution in [0.1, 0.15) is 49.9 Å². The summed E-state index contributed by atoms with van der Waals surface area (Å²) in [6.07, 6.45) is 2.13. The van der Waals surface area contributed by atoms with Crippen LogP contribution in [0, 0.1) is 13.8 Å². The Hall–Kier alpha value is -2.73. The van der Waals surface area contributed by atoms with E-state index in [4.69, 9.17) is 4.74 Å². The van der Waals surface area contributed by atoms with Gasteiger partial charge in [0.15, 0.2) is 0 Å². The zero-order chi connectivity index (χ0) is 23.0. The second-order valence-electron chi connectivity index (χ2n) is 9.35. The lowest BCUT2D eigenvalue weighted by atomic mass is 9.89. The summed E-state index contributed by atoms with van der Waals surface area (Å²) in [6, 6.07) is 9.96. The number of carbonyl (C=O) groups excluding carboxylic acids is 2. The highest BCUT2D eigenvalue weighted by Crippen LogP contribution is 2.60. The van der Waals surface area contributed by atoms with Crippen molar-refractivity contribution in [3.63, 3.8) is 0 Å². The number of rotatable bonds is 3. The molecular weight excluding hydrogens is 420 g/mol. The molecule has 166 valence electrons. The lowest BCUT2D eigenvalue weighted by Gasteiger charge is -2.40. The highest BCUT2D eigenvalue weighted by molar-refractivity contribution is 8.02. The number of ether oxygens (including phenoxy) is 1.